The smallest absolute Gasteiger partial charge is 0.307 e. The Morgan fingerprint density at radius 3 is 2.55 bits per heavy atom. The van der Waals surface area contributed by atoms with Gasteiger partial charge in [0.05, 0.1) is 18.9 Å². The number of ether oxygens (including phenoxy) is 2. The molecule has 4 nitrogen and oxygen atoms in total. The maximum atomic E-state index is 11.9. The van der Waals surface area contributed by atoms with Crippen LogP contribution >= 0.6 is 11.3 Å². The Kier molecular flexibility index (Phi) is 8.51. The average Bonchev–Trinajstić information content (AvgIpc) is 3.54. The minimum Gasteiger partial charge on any atom is -0.488 e. The summed E-state index contributed by atoms with van der Waals surface area (Å²) < 4.78 is 11.2. The number of likely N-dealkylation sites (tertiary alicyclic amines) is 1. The molecule has 0 unspecified atom stereocenters. The number of hydrogen-bond donors (Lipinski definition) is 0. The van der Waals surface area contributed by atoms with Crippen LogP contribution in [0.5, 0.6) is 5.75 Å². The van der Waals surface area contributed by atoms with Crippen molar-refractivity contribution in [1.82, 2.24) is 4.90 Å². The molecule has 3 aromatic rings. The molecule has 2 heterocycles. The maximum absolute atomic E-state index is 11.9. The van der Waals surface area contributed by atoms with E-state index in [-0.39, 0.29) is 18.3 Å². The Bertz CT molecular complexity index is 1290. The number of thiophene rings is 1. The number of hydrogen-bond acceptors (Lipinski definition) is 5. The lowest BCUT2D eigenvalue weighted by Gasteiger charge is -2.40. The lowest BCUT2D eigenvalue weighted by Crippen LogP contribution is -2.41. The van der Waals surface area contributed by atoms with Crippen molar-refractivity contribution in [3.05, 3.63) is 87.1 Å². The van der Waals surface area contributed by atoms with E-state index in [1.807, 2.05) is 42.5 Å². The first kappa shape index (κ1) is 26.5. The van der Waals surface area contributed by atoms with E-state index in [4.69, 9.17) is 9.47 Å². The fourth-order valence-corrected chi connectivity index (χ4v) is 6.97. The fraction of sp³-hybridized carbons (Fsp3) is 0.424. The van der Waals surface area contributed by atoms with Crippen molar-refractivity contribution in [3.8, 4) is 17.6 Å². The van der Waals surface area contributed by atoms with Crippen LogP contribution in [-0.4, -0.2) is 30.6 Å². The van der Waals surface area contributed by atoms with Crippen molar-refractivity contribution < 1.29 is 14.3 Å². The predicted molar refractivity (Wildman–Crippen MR) is 153 cm³/mol. The Morgan fingerprint density at radius 2 is 1.79 bits per heavy atom. The van der Waals surface area contributed by atoms with Gasteiger partial charge in [-0.25, -0.2) is 0 Å². The Balaban J connectivity index is 1.11. The minimum absolute atomic E-state index is 0.166. The number of esters is 1. The minimum atomic E-state index is -0.220. The molecule has 0 bridgehead atoms. The van der Waals surface area contributed by atoms with Crippen LogP contribution in [0.1, 0.15) is 71.9 Å². The number of carbonyl (C=O) groups excluding carboxylic acids is 1. The predicted octanol–water partition coefficient (Wildman–Crippen LogP) is 6.87. The highest BCUT2D eigenvalue weighted by Gasteiger charge is 2.40. The molecule has 2 aromatic carbocycles. The molecule has 0 radical (unpaired) electrons. The van der Waals surface area contributed by atoms with Crippen LogP contribution in [0.15, 0.2) is 60.7 Å². The van der Waals surface area contributed by atoms with Gasteiger partial charge in [0.1, 0.15) is 12.4 Å². The van der Waals surface area contributed by atoms with E-state index in [9.17, 15) is 4.79 Å². The Hall–Kier alpha value is -3.07. The molecule has 1 atom stereocenters. The van der Waals surface area contributed by atoms with Crippen molar-refractivity contribution >= 4 is 17.3 Å². The molecule has 0 N–H and O–H groups in total. The number of aryl methyl sites for hydroxylation is 1. The zero-order chi connectivity index (χ0) is 26.4. The number of benzene rings is 2. The molecule has 1 fully saturated rings. The van der Waals surface area contributed by atoms with Crippen molar-refractivity contribution in [3.63, 3.8) is 0 Å². The molecule has 1 aliphatic carbocycles. The van der Waals surface area contributed by atoms with E-state index >= 15 is 0 Å². The number of rotatable bonds is 9. The molecule has 0 amide bonds. The molecule has 1 spiro atoms. The molecule has 5 heteroatoms. The number of nitrogens with zero attached hydrogens (tertiary/aromatic N) is 1. The van der Waals surface area contributed by atoms with Gasteiger partial charge in [0.2, 0.25) is 0 Å². The van der Waals surface area contributed by atoms with Gasteiger partial charge in [-0.2, -0.15) is 0 Å². The standard InChI is InChI=1S/C33H37NO3S/c1-3-7-27(22-32(35)36-4-2)25-10-12-28(13-11-25)37-24-30-15-14-29(38-30)23-34-20-18-33(19-21-34)17-16-26-8-5-6-9-31(26)33/h5-6,8-15,27H,4,16-24H2,1-2H3/t27-/m0/s1. The monoisotopic (exact) mass is 527 g/mol. The number of piperidine rings is 1. The van der Waals surface area contributed by atoms with Gasteiger partial charge in [0.25, 0.3) is 0 Å². The van der Waals surface area contributed by atoms with Crippen LogP contribution in [0.4, 0.5) is 0 Å². The van der Waals surface area contributed by atoms with Gasteiger partial charge in [0.15, 0.2) is 0 Å². The number of carbonyl (C=O) groups is 1. The van der Waals surface area contributed by atoms with Crippen molar-refractivity contribution in [1.29, 1.82) is 0 Å². The highest BCUT2D eigenvalue weighted by Crippen LogP contribution is 2.46. The van der Waals surface area contributed by atoms with Crippen LogP contribution in [0.3, 0.4) is 0 Å². The summed E-state index contributed by atoms with van der Waals surface area (Å²) >= 11 is 1.85. The summed E-state index contributed by atoms with van der Waals surface area (Å²) in [6, 6.07) is 21.5. The van der Waals surface area contributed by atoms with Crippen molar-refractivity contribution in [2.24, 2.45) is 0 Å². The maximum Gasteiger partial charge on any atom is 0.307 e. The third kappa shape index (κ3) is 6.14. The molecule has 1 saturated heterocycles. The van der Waals surface area contributed by atoms with Gasteiger partial charge >= 0.3 is 5.97 Å². The lowest BCUT2D eigenvalue weighted by molar-refractivity contribution is -0.143. The second kappa shape index (κ2) is 12.2. The van der Waals surface area contributed by atoms with Crippen LogP contribution in [0, 0.1) is 11.8 Å². The first-order valence-electron chi connectivity index (χ1n) is 13.8. The van der Waals surface area contributed by atoms with Gasteiger partial charge in [-0.05, 0) is 99.0 Å². The van der Waals surface area contributed by atoms with E-state index in [1.54, 1.807) is 18.1 Å². The lowest BCUT2D eigenvalue weighted by atomic mass is 9.74. The summed E-state index contributed by atoms with van der Waals surface area (Å²) in [6.45, 7) is 7.92. The molecule has 2 aliphatic rings. The summed E-state index contributed by atoms with van der Waals surface area (Å²) in [6.07, 6.45) is 5.36. The van der Waals surface area contributed by atoms with Crippen LogP contribution in [-0.2, 0) is 34.5 Å². The van der Waals surface area contributed by atoms with E-state index in [0.717, 1.165) is 17.9 Å². The van der Waals surface area contributed by atoms with Crippen LogP contribution < -0.4 is 4.74 Å². The SMILES string of the molecule is CC#C[C@@H](CC(=O)OCC)c1ccc(OCc2ccc(CN3CCC4(CCc5ccccc54)CC3)s2)cc1. The van der Waals surface area contributed by atoms with E-state index in [0.29, 0.717) is 18.6 Å². The highest BCUT2D eigenvalue weighted by molar-refractivity contribution is 7.11. The third-order valence-corrected chi connectivity index (χ3v) is 9.07. The van der Waals surface area contributed by atoms with E-state index in [2.05, 4.69) is 53.1 Å². The number of fused-ring (bicyclic) bond motifs is 2. The van der Waals surface area contributed by atoms with E-state index < -0.39 is 0 Å². The fourth-order valence-electron chi connectivity index (χ4n) is 5.99. The normalized spacial score (nSPS) is 16.9. The van der Waals surface area contributed by atoms with Crippen LogP contribution in [0.2, 0.25) is 0 Å². The molecule has 1 aromatic heterocycles. The Morgan fingerprint density at radius 1 is 1.03 bits per heavy atom. The largest absolute Gasteiger partial charge is 0.488 e. The second-order valence-corrected chi connectivity index (χ2v) is 11.6. The molecular formula is C33H37NO3S. The molecule has 1 aliphatic heterocycles. The average molecular weight is 528 g/mol. The summed E-state index contributed by atoms with van der Waals surface area (Å²) in [7, 11) is 0. The van der Waals surface area contributed by atoms with Gasteiger partial charge < -0.3 is 9.47 Å². The van der Waals surface area contributed by atoms with Crippen molar-refractivity contribution in [2.45, 2.75) is 70.4 Å². The highest BCUT2D eigenvalue weighted by atomic mass is 32.1. The first-order chi connectivity index (χ1) is 18.6. The van der Waals surface area contributed by atoms with Gasteiger partial charge in [-0.15, -0.1) is 17.3 Å². The quantitative estimate of drug-likeness (QED) is 0.225. The van der Waals surface area contributed by atoms with Gasteiger partial charge in [-0.3, -0.25) is 9.69 Å². The second-order valence-electron chi connectivity index (χ2n) is 10.4. The first-order valence-corrected chi connectivity index (χ1v) is 14.6. The van der Waals surface area contributed by atoms with Gasteiger partial charge in [0, 0.05) is 16.3 Å². The zero-order valence-corrected chi connectivity index (χ0v) is 23.3. The molecule has 5 rings (SSSR count). The summed E-state index contributed by atoms with van der Waals surface area (Å²) in [5.74, 6) is 6.49. The topological polar surface area (TPSA) is 38.8 Å². The summed E-state index contributed by atoms with van der Waals surface area (Å²) in [5.41, 5.74) is 4.61. The van der Waals surface area contributed by atoms with Gasteiger partial charge in [-0.1, -0.05) is 42.3 Å². The zero-order valence-electron chi connectivity index (χ0n) is 22.5. The Labute approximate surface area is 231 Å². The van der Waals surface area contributed by atoms with E-state index in [1.165, 1.54) is 48.5 Å². The molecular weight excluding hydrogens is 490 g/mol. The molecule has 0 saturated carbocycles. The third-order valence-electron chi connectivity index (χ3n) is 8.03. The molecule has 198 valence electrons. The van der Waals surface area contributed by atoms with Crippen molar-refractivity contribution in [2.75, 3.05) is 19.7 Å². The summed E-state index contributed by atoms with van der Waals surface area (Å²) in [5, 5.41) is 0. The summed E-state index contributed by atoms with van der Waals surface area (Å²) in [4.78, 5) is 17.2. The molecule has 38 heavy (non-hydrogen) atoms. The van der Waals surface area contributed by atoms with Crippen LogP contribution in [0.25, 0.3) is 0 Å².